The first-order chi connectivity index (χ1) is 10.3. The Kier molecular flexibility index (Phi) is 4.80. The van der Waals surface area contributed by atoms with E-state index in [1.54, 1.807) is 0 Å². The SMILES string of the molecule is O=C(CCCc1nn[nH]n1)N1CCCC1CN1CCCC1. The van der Waals surface area contributed by atoms with E-state index >= 15 is 0 Å². The molecule has 0 spiro atoms. The number of tetrazole rings is 1. The van der Waals surface area contributed by atoms with Gasteiger partial charge in [0.25, 0.3) is 0 Å². The number of hydrogen-bond donors (Lipinski definition) is 1. The summed E-state index contributed by atoms with van der Waals surface area (Å²) in [6.07, 6.45) is 7.03. The van der Waals surface area contributed by atoms with E-state index in [1.165, 1.54) is 25.9 Å². The summed E-state index contributed by atoms with van der Waals surface area (Å²) in [5, 5.41) is 13.8. The van der Waals surface area contributed by atoms with E-state index in [1.807, 2.05) is 0 Å². The molecule has 3 heterocycles. The van der Waals surface area contributed by atoms with Gasteiger partial charge in [-0.05, 0) is 45.2 Å². The van der Waals surface area contributed by atoms with Crippen molar-refractivity contribution in [3.05, 3.63) is 5.82 Å². The molecule has 0 bridgehead atoms. The van der Waals surface area contributed by atoms with E-state index in [0.717, 1.165) is 32.4 Å². The third-order valence-electron chi connectivity index (χ3n) is 4.55. The van der Waals surface area contributed by atoms with Gasteiger partial charge in [0.15, 0.2) is 5.82 Å². The topological polar surface area (TPSA) is 78.0 Å². The maximum Gasteiger partial charge on any atom is 0.222 e. The third kappa shape index (κ3) is 3.78. The maximum atomic E-state index is 12.4. The largest absolute Gasteiger partial charge is 0.338 e. The van der Waals surface area contributed by atoms with Crippen molar-refractivity contribution in [2.45, 2.75) is 51.0 Å². The molecule has 2 aliphatic rings. The average molecular weight is 292 g/mol. The van der Waals surface area contributed by atoms with Crippen LogP contribution in [0, 0.1) is 0 Å². The normalized spacial score (nSPS) is 23.0. The summed E-state index contributed by atoms with van der Waals surface area (Å²) in [7, 11) is 0. The number of aromatic amines is 1. The van der Waals surface area contributed by atoms with E-state index in [9.17, 15) is 4.79 Å². The molecule has 2 saturated heterocycles. The van der Waals surface area contributed by atoms with Crippen molar-refractivity contribution in [1.29, 1.82) is 0 Å². The summed E-state index contributed by atoms with van der Waals surface area (Å²) in [6, 6.07) is 0.431. The predicted octanol–water partition coefficient (Wildman–Crippen LogP) is 0.609. The second-order valence-corrected chi connectivity index (χ2v) is 6.07. The van der Waals surface area contributed by atoms with Crippen molar-refractivity contribution in [1.82, 2.24) is 30.4 Å². The van der Waals surface area contributed by atoms with E-state index in [2.05, 4.69) is 30.4 Å². The van der Waals surface area contributed by atoms with Crippen molar-refractivity contribution in [3.8, 4) is 0 Å². The molecule has 0 saturated carbocycles. The van der Waals surface area contributed by atoms with Crippen LogP contribution in [0.4, 0.5) is 0 Å². The van der Waals surface area contributed by atoms with Crippen LogP contribution in [-0.4, -0.2) is 68.6 Å². The molecule has 0 radical (unpaired) electrons. The zero-order valence-electron chi connectivity index (χ0n) is 12.5. The minimum Gasteiger partial charge on any atom is -0.338 e. The van der Waals surface area contributed by atoms with Crippen LogP contribution >= 0.6 is 0 Å². The lowest BCUT2D eigenvalue weighted by molar-refractivity contribution is -0.132. The monoisotopic (exact) mass is 292 g/mol. The van der Waals surface area contributed by atoms with Gasteiger partial charge >= 0.3 is 0 Å². The lowest BCUT2D eigenvalue weighted by Crippen LogP contribution is -2.42. The molecule has 7 nitrogen and oxygen atoms in total. The van der Waals surface area contributed by atoms with Gasteiger partial charge in [-0.3, -0.25) is 4.79 Å². The van der Waals surface area contributed by atoms with Gasteiger partial charge in [-0.25, -0.2) is 0 Å². The molecule has 1 aromatic rings. The molecule has 0 aliphatic carbocycles. The second kappa shape index (κ2) is 6.98. The molecule has 1 aromatic heterocycles. The fourth-order valence-corrected chi connectivity index (χ4v) is 3.45. The molecule has 2 fully saturated rings. The number of H-pyrrole nitrogens is 1. The lowest BCUT2D eigenvalue weighted by atomic mass is 10.1. The number of aryl methyl sites for hydroxylation is 1. The maximum absolute atomic E-state index is 12.4. The number of nitrogens with zero attached hydrogens (tertiary/aromatic N) is 5. The molecule has 2 aliphatic heterocycles. The molecule has 7 heteroatoms. The molecular formula is C14H24N6O. The van der Waals surface area contributed by atoms with Crippen LogP contribution in [-0.2, 0) is 11.2 Å². The number of carbonyl (C=O) groups excluding carboxylic acids is 1. The zero-order valence-corrected chi connectivity index (χ0v) is 12.5. The van der Waals surface area contributed by atoms with Gasteiger partial charge in [-0.1, -0.05) is 5.21 Å². The number of nitrogens with one attached hydrogen (secondary N) is 1. The van der Waals surface area contributed by atoms with E-state index in [-0.39, 0.29) is 0 Å². The van der Waals surface area contributed by atoms with E-state index < -0.39 is 0 Å². The fraction of sp³-hybridized carbons (Fsp3) is 0.857. The van der Waals surface area contributed by atoms with Crippen molar-refractivity contribution in [3.63, 3.8) is 0 Å². The Bertz CT molecular complexity index is 442. The zero-order chi connectivity index (χ0) is 14.5. The molecular weight excluding hydrogens is 268 g/mol. The van der Waals surface area contributed by atoms with Crippen LogP contribution in [0.3, 0.4) is 0 Å². The van der Waals surface area contributed by atoms with Crippen molar-refractivity contribution < 1.29 is 4.79 Å². The Balaban J connectivity index is 1.43. The summed E-state index contributed by atoms with van der Waals surface area (Å²) in [6.45, 7) is 4.41. The highest BCUT2D eigenvalue weighted by Crippen LogP contribution is 2.21. The predicted molar refractivity (Wildman–Crippen MR) is 77.5 cm³/mol. The van der Waals surface area contributed by atoms with E-state index in [4.69, 9.17) is 0 Å². The Morgan fingerprint density at radius 2 is 2.10 bits per heavy atom. The number of amides is 1. The summed E-state index contributed by atoms with van der Waals surface area (Å²) in [4.78, 5) is 17.0. The molecule has 0 aromatic carbocycles. The summed E-state index contributed by atoms with van der Waals surface area (Å²) >= 11 is 0. The van der Waals surface area contributed by atoms with Gasteiger partial charge < -0.3 is 9.80 Å². The highest BCUT2D eigenvalue weighted by Gasteiger charge is 2.30. The van der Waals surface area contributed by atoms with Gasteiger partial charge in [0.2, 0.25) is 5.91 Å². The molecule has 3 rings (SSSR count). The van der Waals surface area contributed by atoms with Crippen LogP contribution in [0.5, 0.6) is 0 Å². The highest BCUT2D eigenvalue weighted by atomic mass is 16.2. The Morgan fingerprint density at radius 3 is 2.86 bits per heavy atom. The first-order valence-electron chi connectivity index (χ1n) is 8.07. The third-order valence-corrected chi connectivity index (χ3v) is 4.55. The minimum absolute atomic E-state index is 0.292. The van der Waals surface area contributed by atoms with Gasteiger partial charge in [0, 0.05) is 32.0 Å². The number of rotatable bonds is 6. The number of hydrogen-bond acceptors (Lipinski definition) is 5. The number of carbonyl (C=O) groups is 1. The second-order valence-electron chi connectivity index (χ2n) is 6.07. The van der Waals surface area contributed by atoms with Crippen LogP contribution in [0.15, 0.2) is 0 Å². The first-order valence-corrected chi connectivity index (χ1v) is 8.07. The molecule has 21 heavy (non-hydrogen) atoms. The average Bonchev–Trinajstić information content (AvgIpc) is 3.20. The number of likely N-dealkylation sites (tertiary alicyclic amines) is 2. The van der Waals surface area contributed by atoms with Gasteiger partial charge in [-0.15, -0.1) is 10.2 Å². The van der Waals surface area contributed by atoms with Crippen LogP contribution in [0.25, 0.3) is 0 Å². The van der Waals surface area contributed by atoms with Crippen LogP contribution in [0.1, 0.15) is 44.3 Å². The van der Waals surface area contributed by atoms with Crippen molar-refractivity contribution in [2.75, 3.05) is 26.2 Å². The molecule has 1 atom stereocenters. The van der Waals surface area contributed by atoms with Crippen molar-refractivity contribution >= 4 is 5.91 Å². The molecule has 1 unspecified atom stereocenters. The quantitative estimate of drug-likeness (QED) is 0.831. The highest BCUT2D eigenvalue weighted by molar-refractivity contribution is 5.76. The van der Waals surface area contributed by atoms with Gasteiger partial charge in [0.05, 0.1) is 0 Å². The standard InChI is InChI=1S/C14H24N6O/c21-14(7-3-6-13-15-17-18-16-13)20-10-4-5-12(20)11-19-8-1-2-9-19/h12H,1-11H2,(H,15,16,17,18). The first kappa shape index (κ1) is 14.4. The Labute approximate surface area is 125 Å². The Morgan fingerprint density at radius 1 is 1.24 bits per heavy atom. The fourth-order valence-electron chi connectivity index (χ4n) is 3.45. The molecule has 1 amide bonds. The Hall–Kier alpha value is -1.50. The molecule has 116 valence electrons. The minimum atomic E-state index is 0.292. The van der Waals surface area contributed by atoms with Crippen LogP contribution in [0.2, 0.25) is 0 Å². The molecule has 1 N–H and O–H groups in total. The van der Waals surface area contributed by atoms with Crippen molar-refractivity contribution in [2.24, 2.45) is 0 Å². The van der Waals surface area contributed by atoms with Crippen LogP contribution < -0.4 is 0 Å². The smallest absolute Gasteiger partial charge is 0.222 e. The summed E-state index contributed by atoms with van der Waals surface area (Å²) < 4.78 is 0. The number of aromatic nitrogens is 4. The van der Waals surface area contributed by atoms with Gasteiger partial charge in [0.1, 0.15) is 0 Å². The summed E-state index contributed by atoms with van der Waals surface area (Å²) in [5.74, 6) is 0.984. The van der Waals surface area contributed by atoms with E-state index in [0.29, 0.717) is 30.6 Å². The lowest BCUT2D eigenvalue weighted by Gasteiger charge is -2.28. The summed E-state index contributed by atoms with van der Waals surface area (Å²) in [5.41, 5.74) is 0. The van der Waals surface area contributed by atoms with Gasteiger partial charge in [-0.2, -0.15) is 5.21 Å².